The third-order valence-electron chi connectivity index (χ3n) is 8.98. The van der Waals surface area contributed by atoms with Crippen LogP contribution < -0.4 is 4.89 Å². The Labute approximate surface area is 315 Å². The number of allylic oxidation sites excluding steroid dienone is 4. The number of rotatable bonds is 39. The highest BCUT2D eigenvalue weighted by molar-refractivity contribution is 7.45. The summed E-state index contributed by atoms with van der Waals surface area (Å²) < 4.78 is 34.5. The second-order valence-corrected chi connectivity index (χ2v) is 16.8. The van der Waals surface area contributed by atoms with Gasteiger partial charge in [0.2, 0.25) is 0 Å². The van der Waals surface area contributed by atoms with Crippen LogP contribution in [0.5, 0.6) is 0 Å². The maximum atomic E-state index is 12.6. The molecule has 0 saturated carbocycles. The number of carbonyl (C=O) groups is 1. The van der Waals surface area contributed by atoms with Crippen molar-refractivity contribution in [3.8, 4) is 0 Å². The molecule has 51 heavy (non-hydrogen) atoms. The van der Waals surface area contributed by atoms with E-state index in [-0.39, 0.29) is 25.8 Å². The maximum Gasteiger partial charge on any atom is 0.306 e. The van der Waals surface area contributed by atoms with Crippen molar-refractivity contribution in [1.82, 2.24) is 0 Å². The van der Waals surface area contributed by atoms with Crippen molar-refractivity contribution in [2.45, 2.75) is 187 Å². The normalized spacial score (nSPS) is 14.1. The summed E-state index contributed by atoms with van der Waals surface area (Å²) in [6.07, 6.45) is 39.0. The molecule has 0 aliphatic rings. The largest absolute Gasteiger partial charge is 0.756 e. The van der Waals surface area contributed by atoms with Crippen molar-refractivity contribution in [3.63, 3.8) is 0 Å². The van der Waals surface area contributed by atoms with Crippen LogP contribution in [0.3, 0.4) is 0 Å². The fraction of sp³-hybridized carbons (Fsp3) is 0.881. The number of phosphoric ester groups is 1. The van der Waals surface area contributed by atoms with Crippen molar-refractivity contribution in [2.75, 3.05) is 54.1 Å². The molecular formula is C42H82NO7P. The van der Waals surface area contributed by atoms with E-state index in [1.165, 1.54) is 116 Å². The van der Waals surface area contributed by atoms with Crippen molar-refractivity contribution >= 4 is 13.8 Å². The van der Waals surface area contributed by atoms with Crippen LogP contribution in [0.2, 0.25) is 0 Å². The first kappa shape index (κ1) is 50.0. The minimum atomic E-state index is -4.52. The average molecular weight is 744 g/mol. The molecule has 0 fully saturated rings. The van der Waals surface area contributed by atoms with Crippen LogP contribution in [0, 0.1) is 0 Å². The molecule has 0 aromatic carbocycles. The molecule has 0 spiro atoms. The number of likely N-dealkylation sites (N-methyl/N-ethyl adjacent to an activating group) is 1. The van der Waals surface area contributed by atoms with E-state index in [9.17, 15) is 14.3 Å². The van der Waals surface area contributed by atoms with Gasteiger partial charge in [0.1, 0.15) is 19.3 Å². The highest BCUT2D eigenvalue weighted by atomic mass is 31.2. The molecule has 0 rings (SSSR count). The molecule has 302 valence electrons. The number of nitrogens with zero attached hydrogens (tertiary/aromatic N) is 1. The van der Waals surface area contributed by atoms with Crippen LogP contribution >= 0.6 is 7.82 Å². The molecular weight excluding hydrogens is 661 g/mol. The van der Waals surface area contributed by atoms with Gasteiger partial charge in [-0.3, -0.25) is 9.36 Å². The number of carbonyl (C=O) groups excluding carboxylic acids is 1. The quantitative estimate of drug-likeness (QED) is 0.0203. The van der Waals surface area contributed by atoms with Gasteiger partial charge >= 0.3 is 5.97 Å². The Morgan fingerprint density at radius 1 is 0.588 bits per heavy atom. The minimum Gasteiger partial charge on any atom is -0.756 e. The summed E-state index contributed by atoms with van der Waals surface area (Å²) in [6, 6.07) is 0. The summed E-state index contributed by atoms with van der Waals surface area (Å²) in [5.41, 5.74) is 0. The second kappa shape index (κ2) is 36.0. The van der Waals surface area contributed by atoms with Gasteiger partial charge in [-0.1, -0.05) is 141 Å². The van der Waals surface area contributed by atoms with E-state index in [0.29, 0.717) is 24.1 Å². The Morgan fingerprint density at radius 3 is 1.55 bits per heavy atom. The van der Waals surface area contributed by atoms with Crippen LogP contribution in [0.4, 0.5) is 0 Å². The van der Waals surface area contributed by atoms with E-state index in [4.69, 9.17) is 18.5 Å². The molecule has 0 heterocycles. The number of ether oxygens (including phenoxy) is 2. The van der Waals surface area contributed by atoms with Crippen LogP contribution in [0.15, 0.2) is 24.3 Å². The van der Waals surface area contributed by atoms with Crippen LogP contribution in [-0.4, -0.2) is 70.7 Å². The van der Waals surface area contributed by atoms with Crippen LogP contribution in [0.25, 0.3) is 0 Å². The van der Waals surface area contributed by atoms with Gasteiger partial charge < -0.3 is 27.9 Å². The zero-order valence-corrected chi connectivity index (χ0v) is 35.0. The van der Waals surface area contributed by atoms with Crippen molar-refractivity contribution < 1.29 is 37.3 Å². The fourth-order valence-corrected chi connectivity index (χ4v) is 6.37. The molecule has 0 saturated heterocycles. The zero-order valence-electron chi connectivity index (χ0n) is 34.1. The third kappa shape index (κ3) is 40.0. The number of hydrogen-bond acceptors (Lipinski definition) is 7. The highest BCUT2D eigenvalue weighted by Gasteiger charge is 2.20. The maximum absolute atomic E-state index is 12.6. The molecule has 9 heteroatoms. The first-order valence-corrected chi connectivity index (χ1v) is 22.5. The fourth-order valence-electron chi connectivity index (χ4n) is 5.64. The molecule has 0 aromatic rings. The third-order valence-corrected chi connectivity index (χ3v) is 9.94. The highest BCUT2D eigenvalue weighted by Crippen LogP contribution is 2.38. The number of esters is 1. The van der Waals surface area contributed by atoms with E-state index in [1.807, 2.05) is 21.1 Å². The van der Waals surface area contributed by atoms with E-state index in [0.717, 1.165) is 44.9 Å². The van der Waals surface area contributed by atoms with Crippen molar-refractivity contribution in [2.24, 2.45) is 0 Å². The molecule has 0 aliphatic carbocycles. The molecule has 2 unspecified atom stereocenters. The molecule has 0 aliphatic heterocycles. The lowest BCUT2D eigenvalue weighted by atomic mass is 10.1. The first-order valence-electron chi connectivity index (χ1n) is 21.1. The number of unbranched alkanes of at least 4 members (excludes halogenated alkanes) is 21. The van der Waals surface area contributed by atoms with Crippen LogP contribution in [0.1, 0.15) is 181 Å². The lowest BCUT2D eigenvalue weighted by Gasteiger charge is -2.28. The number of hydrogen-bond donors (Lipinski definition) is 0. The Kier molecular flexibility index (Phi) is 35.3. The SMILES string of the molecule is CCCC/C=C\CCCCCCCC(=O)OC(COCCCCCCCCCC/C=C\CCCCCCCC)COP(=O)([O-])OCC[N+](C)(C)C. The molecule has 8 nitrogen and oxygen atoms in total. The summed E-state index contributed by atoms with van der Waals surface area (Å²) >= 11 is 0. The lowest BCUT2D eigenvalue weighted by Crippen LogP contribution is -2.37. The Bertz CT molecular complexity index is 874. The van der Waals surface area contributed by atoms with E-state index < -0.39 is 13.9 Å². The molecule has 2 atom stereocenters. The van der Waals surface area contributed by atoms with Gasteiger partial charge in [-0.05, 0) is 57.8 Å². The van der Waals surface area contributed by atoms with Gasteiger partial charge in [-0.2, -0.15) is 0 Å². The smallest absolute Gasteiger partial charge is 0.306 e. The standard InChI is InChI=1S/C42H82NO7P/c1-6-8-10-12-14-16-18-19-20-21-22-23-24-26-28-30-32-34-37-47-39-41(40-49-51(45,46)48-38-36-43(3,4)5)50-42(44)35-33-31-29-27-25-17-15-13-11-9-7-2/h13,15,19-20,41H,6-12,14,16-18,21-40H2,1-5H3/b15-13-,20-19-. The summed E-state index contributed by atoms with van der Waals surface area (Å²) in [4.78, 5) is 24.9. The molecule has 0 aromatic heterocycles. The van der Waals surface area contributed by atoms with Gasteiger partial charge in [-0.15, -0.1) is 0 Å². The molecule has 0 N–H and O–H groups in total. The Balaban J connectivity index is 4.21. The topological polar surface area (TPSA) is 94.1 Å². The average Bonchev–Trinajstić information content (AvgIpc) is 3.08. The lowest BCUT2D eigenvalue weighted by molar-refractivity contribution is -0.870. The van der Waals surface area contributed by atoms with Gasteiger partial charge in [0.25, 0.3) is 7.82 Å². The van der Waals surface area contributed by atoms with Crippen molar-refractivity contribution in [1.29, 1.82) is 0 Å². The second-order valence-electron chi connectivity index (χ2n) is 15.3. The molecule has 0 radical (unpaired) electrons. The van der Waals surface area contributed by atoms with Crippen LogP contribution in [-0.2, 0) is 27.9 Å². The number of phosphoric acid groups is 1. The predicted octanol–water partition coefficient (Wildman–Crippen LogP) is 11.4. The van der Waals surface area contributed by atoms with E-state index in [1.54, 1.807) is 0 Å². The predicted molar refractivity (Wildman–Crippen MR) is 213 cm³/mol. The van der Waals surface area contributed by atoms with Gasteiger partial charge in [0.15, 0.2) is 0 Å². The Morgan fingerprint density at radius 2 is 1.04 bits per heavy atom. The summed E-state index contributed by atoms with van der Waals surface area (Å²) in [5, 5.41) is 0. The first-order chi connectivity index (χ1) is 24.6. The Hall–Kier alpha value is -1.02. The number of quaternary nitrogens is 1. The van der Waals surface area contributed by atoms with E-state index in [2.05, 4.69) is 38.2 Å². The molecule has 0 amide bonds. The minimum absolute atomic E-state index is 0.0249. The van der Waals surface area contributed by atoms with Gasteiger partial charge in [-0.25, -0.2) is 0 Å². The summed E-state index contributed by atoms with van der Waals surface area (Å²) in [5.74, 6) is -0.345. The van der Waals surface area contributed by atoms with E-state index >= 15 is 0 Å². The van der Waals surface area contributed by atoms with Gasteiger partial charge in [0, 0.05) is 13.0 Å². The summed E-state index contributed by atoms with van der Waals surface area (Å²) in [7, 11) is 1.35. The molecule has 0 bridgehead atoms. The van der Waals surface area contributed by atoms with Crippen molar-refractivity contribution in [3.05, 3.63) is 24.3 Å². The summed E-state index contributed by atoms with van der Waals surface area (Å²) in [6.45, 7) is 5.36. The van der Waals surface area contributed by atoms with Gasteiger partial charge in [0.05, 0.1) is 34.4 Å². The zero-order chi connectivity index (χ0) is 37.7. The monoisotopic (exact) mass is 744 g/mol.